The van der Waals surface area contributed by atoms with Crippen molar-refractivity contribution in [1.82, 2.24) is 0 Å². The summed E-state index contributed by atoms with van der Waals surface area (Å²) in [6.45, 7) is 5.91. The topological polar surface area (TPSA) is 44.1 Å². The molecule has 0 bridgehead atoms. The van der Waals surface area contributed by atoms with Gasteiger partial charge in [-0.2, -0.15) is 5.26 Å². The van der Waals surface area contributed by atoms with Crippen molar-refractivity contribution in [2.24, 2.45) is 5.92 Å². The number of anilines is 1. The highest BCUT2D eigenvalue weighted by Crippen LogP contribution is 2.38. The Morgan fingerprint density at radius 1 is 1.35 bits per heavy atom. The van der Waals surface area contributed by atoms with Crippen LogP contribution in [0.2, 0.25) is 0 Å². The van der Waals surface area contributed by atoms with Crippen molar-refractivity contribution >= 4 is 11.6 Å². The number of nitriles is 1. The van der Waals surface area contributed by atoms with E-state index in [9.17, 15) is 4.79 Å². The van der Waals surface area contributed by atoms with Crippen molar-refractivity contribution in [3.63, 3.8) is 0 Å². The predicted molar refractivity (Wildman–Crippen MR) is 66.5 cm³/mol. The lowest BCUT2D eigenvalue weighted by molar-refractivity contribution is -0.117. The molecule has 0 aromatic heterocycles. The van der Waals surface area contributed by atoms with Gasteiger partial charge in [0.1, 0.15) is 0 Å². The van der Waals surface area contributed by atoms with Gasteiger partial charge in [-0.1, -0.05) is 17.7 Å². The molecule has 0 aliphatic carbocycles. The summed E-state index contributed by atoms with van der Waals surface area (Å²) in [5, 5.41) is 9.10. The van der Waals surface area contributed by atoms with E-state index in [0.29, 0.717) is 6.42 Å². The standard InChI is InChI=1S/C14H16N2O/c1-10-4-6-12(7-5-10)16-13(17)8-11(9-15)14(16,2)3/h4-7,11H,8H2,1-3H3. The van der Waals surface area contributed by atoms with Gasteiger partial charge in [0.05, 0.1) is 17.5 Å². The van der Waals surface area contributed by atoms with E-state index in [1.54, 1.807) is 4.90 Å². The molecule has 3 heteroatoms. The van der Waals surface area contributed by atoms with Gasteiger partial charge in [-0.05, 0) is 32.9 Å². The zero-order valence-corrected chi connectivity index (χ0v) is 10.4. The minimum Gasteiger partial charge on any atom is -0.306 e. The molecule has 1 aromatic carbocycles. The maximum absolute atomic E-state index is 12.0. The summed E-state index contributed by atoms with van der Waals surface area (Å²) in [6.07, 6.45) is 0.317. The van der Waals surface area contributed by atoms with Crippen molar-refractivity contribution in [3.8, 4) is 6.07 Å². The van der Waals surface area contributed by atoms with Crippen LogP contribution in [0.4, 0.5) is 5.69 Å². The minimum atomic E-state index is -0.429. The van der Waals surface area contributed by atoms with Gasteiger partial charge in [-0.15, -0.1) is 0 Å². The van der Waals surface area contributed by atoms with Crippen LogP contribution in [0.3, 0.4) is 0 Å². The van der Waals surface area contributed by atoms with Crippen LogP contribution in [-0.4, -0.2) is 11.4 Å². The Kier molecular flexibility index (Phi) is 2.66. The molecule has 0 spiro atoms. The van der Waals surface area contributed by atoms with Gasteiger partial charge in [0, 0.05) is 12.1 Å². The second-order valence-electron chi connectivity index (χ2n) is 5.10. The van der Waals surface area contributed by atoms with Crippen molar-refractivity contribution in [3.05, 3.63) is 29.8 Å². The van der Waals surface area contributed by atoms with Crippen LogP contribution < -0.4 is 4.90 Å². The number of hydrogen-bond donors (Lipinski definition) is 0. The molecule has 0 N–H and O–H groups in total. The summed E-state index contributed by atoms with van der Waals surface area (Å²) >= 11 is 0. The number of rotatable bonds is 1. The van der Waals surface area contributed by atoms with Crippen LogP contribution >= 0.6 is 0 Å². The Balaban J connectivity index is 2.42. The van der Waals surface area contributed by atoms with Crippen molar-refractivity contribution < 1.29 is 4.79 Å². The van der Waals surface area contributed by atoms with Gasteiger partial charge in [0.2, 0.25) is 5.91 Å². The van der Waals surface area contributed by atoms with Crippen LogP contribution in [-0.2, 0) is 4.79 Å². The number of nitrogens with zero attached hydrogens (tertiary/aromatic N) is 2. The summed E-state index contributed by atoms with van der Waals surface area (Å²) in [6, 6.07) is 10.1. The summed E-state index contributed by atoms with van der Waals surface area (Å²) in [5.74, 6) is -0.207. The molecule has 1 aromatic rings. The van der Waals surface area contributed by atoms with Crippen LogP contribution in [0, 0.1) is 24.2 Å². The smallest absolute Gasteiger partial charge is 0.228 e. The van der Waals surface area contributed by atoms with Crippen LogP contribution in [0.1, 0.15) is 25.8 Å². The van der Waals surface area contributed by atoms with Gasteiger partial charge in [0.25, 0.3) is 0 Å². The third-order valence-electron chi connectivity index (χ3n) is 3.51. The normalized spacial score (nSPS) is 22.6. The van der Waals surface area contributed by atoms with E-state index in [2.05, 4.69) is 6.07 Å². The molecule has 88 valence electrons. The molecule has 1 unspecified atom stereocenters. The zero-order valence-electron chi connectivity index (χ0n) is 10.4. The van der Waals surface area contributed by atoms with Crippen molar-refractivity contribution in [1.29, 1.82) is 5.26 Å². The molecule has 0 saturated carbocycles. The lowest BCUT2D eigenvalue weighted by atomic mass is 9.89. The summed E-state index contributed by atoms with van der Waals surface area (Å²) in [5.41, 5.74) is 1.61. The monoisotopic (exact) mass is 228 g/mol. The average Bonchev–Trinajstić information content (AvgIpc) is 2.50. The predicted octanol–water partition coefficient (Wildman–Crippen LogP) is 2.65. The molecule has 1 amide bonds. The fourth-order valence-electron chi connectivity index (χ4n) is 2.37. The molecule has 1 fully saturated rings. The summed E-state index contributed by atoms with van der Waals surface area (Å²) in [7, 11) is 0. The maximum Gasteiger partial charge on any atom is 0.228 e. The molecular formula is C14H16N2O. The fraction of sp³-hybridized carbons (Fsp3) is 0.429. The molecule has 17 heavy (non-hydrogen) atoms. The molecule has 0 radical (unpaired) electrons. The molecule has 2 rings (SSSR count). The van der Waals surface area contributed by atoms with Crippen LogP contribution in [0.25, 0.3) is 0 Å². The first-order chi connectivity index (χ1) is 7.96. The fourth-order valence-corrected chi connectivity index (χ4v) is 2.37. The molecule has 1 aliphatic rings. The highest BCUT2D eigenvalue weighted by atomic mass is 16.2. The third kappa shape index (κ3) is 1.80. The van der Waals surface area contributed by atoms with Gasteiger partial charge < -0.3 is 4.90 Å². The highest BCUT2D eigenvalue weighted by Gasteiger charge is 2.47. The van der Waals surface area contributed by atoms with Crippen LogP contribution in [0.15, 0.2) is 24.3 Å². The third-order valence-corrected chi connectivity index (χ3v) is 3.51. The second kappa shape index (κ2) is 3.89. The average molecular weight is 228 g/mol. The van der Waals surface area contributed by atoms with E-state index < -0.39 is 5.54 Å². The van der Waals surface area contributed by atoms with E-state index in [1.807, 2.05) is 45.0 Å². The molecule has 1 aliphatic heterocycles. The number of aryl methyl sites for hydroxylation is 1. The summed E-state index contributed by atoms with van der Waals surface area (Å²) in [4.78, 5) is 13.8. The number of amides is 1. The second-order valence-corrected chi connectivity index (χ2v) is 5.10. The first-order valence-electron chi connectivity index (χ1n) is 5.76. The van der Waals surface area contributed by atoms with E-state index in [-0.39, 0.29) is 11.8 Å². The number of carbonyl (C=O) groups is 1. The molecule has 1 heterocycles. The molecule has 1 atom stereocenters. The minimum absolute atomic E-state index is 0.0328. The number of benzene rings is 1. The van der Waals surface area contributed by atoms with E-state index in [1.165, 1.54) is 0 Å². The SMILES string of the molecule is Cc1ccc(N2C(=O)CC(C#N)C2(C)C)cc1. The Morgan fingerprint density at radius 2 is 1.94 bits per heavy atom. The summed E-state index contributed by atoms with van der Waals surface area (Å²) < 4.78 is 0. The number of hydrogen-bond acceptors (Lipinski definition) is 2. The van der Waals surface area contributed by atoms with E-state index in [4.69, 9.17) is 5.26 Å². The van der Waals surface area contributed by atoms with Gasteiger partial charge in [-0.25, -0.2) is 0 Å². The van der Waals surface area contributed by atoms with Crippen molar-refractivity contribution in [2.45, 2.75) is 32.7 Å². The maximum atomic E-state index is 12.0. The van der Waals surface area contributed by atoms with E-state index in [0.717, 1.165) is 11.3 Å². The first-order valence-corrected chi connectivity index (χ1v) is 5.76. The Labute approximate surface area is 102 Å². The van der Waals surface area contributed by atoms with Gasteiger partial charge in [0.15, 0.2) is 0 Å². The molecular weight excluding hydrogens is 212 g/mol. The lowest BCUT2D eigenvalue weighted by Crippen LogP contribution is -2.44. The van der Waals surface area contributed by atoms with Crippen LogP contribution in [0.5, 0.6) is 0 Å². The lowest BCUT2D eigenvalue weighted by Gasteiger charge is -2.33. The Hall–Kier alpha value is -1.82. The molecule has 1 saturated heterocycles. The highest BCUT2D eigenvalue weighted by molar-refractivity contribution is 5.98. The number of carbonyl (C=O) groups excluding carboxylic acids is 1. The Morgan fingerprint density at radius 3 is 2.41 bits per heavy atom. The largest absolute Gasteiger partial charge is 0.306 e. The van der Waals surface area contributed by atoms with E-state index >= 15 is 0 Å². The quantitative estimate of drug-likeness (QED) is 0.741. The van der Waals surface area contributed by atoms with Gasteiger partial charge in [-0.3, -0.25) is 4.79 Å². The zero-order chi connectivity index (χ0) is 12.6. The molecule has 3 nitrogen and oxygen atoms in total. The van der Waals surface area contributed by atoms with Crippen molar-refractivity contribution in [2.75, 3.05) is 4.90 Å². The first kappa shape index (κ1) is 11.7. The van der Waals surface area contributed by atoms with Gasteiger partial charge >= 0.3 is 0 Å². The Bertz CT molecular complexity index is 482.